The maximum Gasteiger partial charge on any atom is 0.339 e. The number of hydrogen-bond donors (Lipinski definition) is 1. The Hall–Kier alpha value is -1.43. The molecule has 1 unspecified atom stereocenters. The highest BCUT2D eigenvalue weighted by Gasteiger charge is 2.32. The van der Waals surface area contributed by atoms with E-state index < -0.39 is 11.6 Å². The van der Waals surface area contributed by atoms with Crippen molar-refractivity contribution in [2.24, 2.45) is 0 Å². The third-order valence-corrected chi connectivity index (χ3v) is 1.56. The first-order valence-corrected chi connectivity index (χ1v) is 3.69. The van der Waals surface area contributed by atoms with Gasteiger partial charge >= 0.3 is 5.97 Å². The van der Waals surface area contributed by atoms with Crippen molar-refractivity contribution in [3.63, 3.8) is 0 Å². The fourth-order valence-corrected chi connectivity index (χ4v) is 0.914. The molecule has 1 heterocycles. The molecular formula is C7H11N3O3. The number of esters is 1. The third-order valence-electron chi connectivity index (χ3n) is 1.56. The predicted octanol–water partition coefficient (Wildman–Crippen LogP) is -0.798. The van der Waals surface area contributed by atoms with E-state index in [1.54, 1.807) is 0 Å². The van der Waals surface area contributed by atoms with Crippen LogP contribution in [0.1, 0.15) is 6.92 Å². The van der Waals surface area contributed by atoms with Crippen molar-refractivity contribution >= 4 is 5.97 Å². The molecule has 1 aromatic heterocycles. The maximum atomic E-state index is 11.0. The van der Waals surface area contributed by atoms with Gasteiger partial charge in [0.15, 0.2) is 5.60 Å². The number of hydrogen-bond acceptors (Lipinski definition) is 5. The molecular weight excluding hydrogens is 174 g/mol. The smallest absolute Gasteiger partial charge is 0.339 e. The minimum Gasteiger partial charge on any atom is -0.467 e. The second-order valence-electron chi connectivity index (χ2n) is 2.86. The van der Waals surface area contributed by atoms with Crippen LogP contribution in [0.2, 0.25) is 0 Å². The van der Waals surface area contributed by atoms with Crippen molar-refractivity contribution in [2.75, 3.05) is 7.11 Å². The average molecular weight is 185 g/mol. The van der Waals surface area contributed by atoms with E-state index in [4.69, 9.17) is 0 Å². The maximum absolute atomic E-state index is 11.0. The molecule has 0 aromatic carbocycles. The Morgan fingerprint density at radius 2 is 2.46 bits per heavy atom. The van der Waals surface area contributed by atoms with E-state index in [0.29, 0.717) is 0 Å². The summed E-state index contributed by atoms with van der Waals surface area (Å²) in [6, 6.07) is 0. The van der Waals surface area contributed by atoms with Crippen molar-refractivity contribution in [3.8, 4) is 0 Å². The van der Waals surface area contributed by atoms with Gasteiger partial charge in [-0.3, -0.25) is 0 Å². The van der Waals surface area contributed by atoms with Crippen molar-refractivity contribution in [2.45, 2.75) is 19.1 Å². The van der Waals surface area contributed by atoms with Gasteiger partial charge in [0, 0.05) is 0 Å². The first-order chi connectivity index (χ1) is 6.06. The molecule has 1 atom stereocenters. The summed E-state index contributed by atoms with van der Waals surface area (Å²) in [5, 5.41) is 13.3. The van der Waals surface area contributed by atoms with Crippen LogP contribution in [-0.4, -0.2) is 38.6 Å². The Balaban J connectivity index is 2.67. The molecule has 72 valence electrons. The molecule has 0 saturated carbocycles. The monoisotopic (exact) mass is 185 g/mol. The summed E-state index contributed by atoms with van der Waals surface area (Å²) in [5.74, 6) is -0.692. The molecule has 0 amide bonds. The fourth-order valence-electron chi connectivity index (χ4n) is 0.914. The number of nitrogens with zero attached hydrogens (tertiary/aromatic N) is 3. The van der Waals surface area contributed by atoms with Crippen molar-refractivity contribution in [1.29, 1.82) is 0 Å². The molecule has 0 radical (unpaired) electrons. The fraction of sp³-hybridized carbons (Fsp3) is 0.571. The molecule has 6 heteroatoms. The molecule has 0 saturated heterocycles. The molecule has 1 rings (SSSR count). The molecule has 1 N–H and O–H groups in total. The lowest BCUT2D eigenvalue weighted by molar-refractivity contribution is -0.162. The normalized spacial score (nSPS) is 15.0. The summed E-state index contributed by atoms with van der Waals surface area (Å²) in [4.78, 5) is 14.7. The van der Waals surface area contributed by atoms with Gasteiger partial charge in [-0.25, -0.2) is 14.5 Å². The summed E-state index contributed by atoms with van der Waals surface area (Å²) in [5.41, 5.74) is -1.57. The van der Waals surface area contributed by atoms with Crippen LogP contribution >= 0.6 is 0 Å². The van der Waals surface area contributed by atoms with Gasteiger partial charge in [-0.05, 0) is 6.92 Å². The largest absolute Gasteiger partial charge is 0.467 e. The van der Waals surface area contributed by atoms with Crippen LogP contribution in [0.4, 0.5) is 0 Å². The van der Waals surface area contributed by atoms with Crippen LogP contribution in [0.5, 0.6) is 0 Å². The van der Waals surface area contributed by atoms with Crippen molar-refractivity contribution in [1.82, 2.24) is 14.8 Å². The lowest BCUT2D eigenvalue weighted by Crippen LogP contribution is -2.40. The lowest BCUT2D eigenvalue weighted by atomic mass is 10.1. The van der Waals surface area contributed by atoms with E-state index in [2.05, 4.69) is 14.8 Å². The molecule has 6 nitrogen and oxygen atoms in total. The number of rotatable bonds is 3. The van der Waals surface area contributed by atoms with Crippen LogP contribution in [0, 0.1) is 0 Å². The summed E-state index contributed by atoms with van der Waals surface area (Å²) in [7, 11) is 1.22. The Labute approximate surface area is 75.2 Å². The van der Waals surface area contributed by atoms with Gasteiger partial charge in [0.1, 0.15) is 12.7 Å². The Morgan fingerprint density at radius 1 is 1.77 bits per heavy atom. The van der Waals surface area contributed by atoms with Crippen LogP contribution in [-0.2, 0) is 16.1 Å². The SMILES string of the molecule is COC(=O)C(C)(O)Cn1cncn1. The van der Waals surface area contributed by atoms with E-state index in [1.807, 2.05) is 0 Å². The van der Waals surface area contributed by atoms with Crippen molar-refractivity contribution in [3.05, 3.63) is 12.7 Å². The van der Waals surface area contributed by atoms with E-state index in [1.165, 1.54) is 31.4 Å². The number of carbonyl (C=O) groups is 1. The average Bonchev–Trinajstić information content (AvgIpc) is 2.54. The molecule has 0 bridgehead atoms. The highest BCUT2D eigenvalue weighted by atomic mass is 16.5. The number of methoxy groups -OCH3 is 1. The second-order valence-corrected chi connectivity index (χ2v) is 2.86. The van der Waals surface area contributed by atoms with Crippen LogP contribution < -0.4 is 0 Å². The summed E-state index contributed by atoms with van der Waals surface area (Å²) < 4.78 is 5.77. The van der Waals surface area contributed by atoms with Gasteiger partial charge < -0.3 is 9.84 Å². The van der Waals surface area contributed by atoms with Gasteiger partial charge in [-0.1, -0.05) is 0 Å². The van der Waals surface area contributed by atoms with Gasteiger partial charge in [0.05, 0.1) is 13.7 Å². The minimum absolute atomic E-state index is 0.0275. The zero-order valence-corrected chi connectivity index (χ0v) is 7.47. The van der Waals surface area contributed by atoms with E-state index in [0.717, 1.165) is 0 Å². The zero-order valence-electron chi connectivity index (χ0n) is 7.47. The molecule has 0 fully saturated rings. The van der Waals surface area contributed by atoms with Crippen LogP contribution in [0.15, 0.2) is 12.7 Å². The minimum atomic E-state index is -1.57. The quantitative estimate of drug-likeness (QED) is 0.624. The molecule has 13 heavy (non-hydrogen) atoms. The topological polar surface area (TPSA) is 77.2 Å². The first-order valence-electron chi connectivity index (χ1n) is 3.69. The van der Waals surface area contributed by atoms with Crippen LogP contribution in [0.3, 0.4) is 0 Å². The summed E-state index contributed by atoms with van der Waals surface area (Å²) in [6.45, 7) is 1.39. The Kier molecular flexibility index (Phi) is 2.62. The standard InChI is InChI=1S/C7H11N3O3/c1-7(12,6(11)13-2)3-10-5-8-4-9-10/h4-5,12H,3H2,1-2H3. The lowest BCUT2D eigenvalue weighted by Gasteiger charge is -2.19. The third kappa shape index (κ3) is 2.25. The molecule has 0 aliphatic rings. The Bertz CT molecular complexity index is 281. The van der Waals surface area contributed by atoms with E-state index in [-0.39, 0.29) is 6.54 Å². The molecule has 0 aliphatic heterocycles. The Morgan fingerprint density at radius 3 is 2.92 bits per heavy atom. The van der Waals surface area contributed by atoms with Gasteiger partial charge in [-0.2, -0.15) is 5.10 Å². The zero-order chi connectivity index (χ0) is 9.90. The van der Waals surface area contributed by atoms with Gasteiger partial charge in [-0.15, -0.1) is 0 Å². The number of aliphatic hydroxyl groups is 1. The van der Waals surface area contributed by atoms with Crippen molar-refractivity contribution < 1.29 is 14.6 Å². The highest BCUT2D eigenvalue weighted by molar-refractivity contribution is 5.78. The molecule has 0 spiro atoms. The second kappa shape index (κ2) is 3.53. The summed E-state index contributed by atoms with van der Waals surface area (Å²) in [6.07, 6.45) is 2.74. The number of aromatic nitrogens is 3. The highest BCUT2D eigenvalue weighted by Crippen LogP contribution is 2.07. The van der Waals surface area contributed by atoms with Gasteiger partial charge in [0.25, 0.3) is 0 Å². The van der Waals surface area contributed by atoms with Crippen LogP contribution in [0.25, 0.3) is 0 Å². The molecule has 0 aliphatic carbocycles. The predicted molar refractivity (Wildman–Crippen MR) is 42.7 cm³/mol. The van der Waals surface area contributed by atoms with Gasteiger partial charge in [0.2, 0.25) is 0 Å². The first kappa shape index (κ1) is 9.66. The number of ether oxygens (including phenoxy) is 1. The molecule has 1 aromatic rings. The summed E-state index contributed by atoms with van der Waals surface area (Å²) >= 11 is 0. The number of carbonyl (C=O) groups excluding carboxylic acids is 1. The van der Waals surface area contributed by atoms with E-state index >= 15 is 0 Å². The van der Waals surface area contributed by atoms with E-state index in [9.17, 15) is 9.90 Å².